The number of hydrogen-bond donors (Lipinski definition) is 4. The fraction of sp³-hybridized carbons (Fsp3) is 0.283. The number of carbonyl (C=O) groups excluding carboxylic acids is 6. The molecule has 2 aliphatic heterocycles. The predicted molar refractivity (Wildman–Crippen MR) is 233 cm³/mol. The highest BCUT2D eigenvalue weighted by Gasteiger charge is 2.46. The van der Waals surface area contributed by atoms with Crippen LogP contribution in [0.5, 0.6) is 5.75 Å². The van der Waals surface area contributed by atoms with Crippen LogP contribution in [0, 0.1) is 0 Å². The van der Waals surface area contributed by atoms with Crippen LogP contribution in [0.1, 0.15) is 84.9 Å². The van der Waals surface area contributed by atoms with Gasteiger partial charge in [-0.1, -0.05) is 91.9 Å². The van der Waals surface area contributed by atoms with Gasteiger partial charge in [-0.25, -0.2) is 9.97 Å². The van der Waals surface area contributed by atoms with Crippen molar-refractivity contribution in [1.29, 1.82) is 0 Å². The number of halogens is 1. The maximum absolute atomic E-state index is 13.2. The summed E-state index contributed by atoms with van der Waals surface area (Å²) in [6, 6.07) is 23.3. The molecule has 15 nitrogen and oxygen atoms in total. The highest BCUT2D eigenvalue weighted by Crippen LogP contribution is 2.34. The first-order valence-electron chi connectivity index (χ1n) is 20.6. The van der Waals surface area contributed by atoms with Gasteiger partial charge in [0.1, 0.15) is 11.8 Å². The Morgan fingerprint density at radius 2 is 1.52 bits per heavy atom. The molecule has 4 heterocycles. The van der Waals surface area contributed by atoms with E-state index in [0.717, 1.165) is 60.1 Å². The van der Waals surface area contributed by atoms with Crippen LogP contribution < -0.4 is 26.0 Å². The van der Waals surface area contributed by atoms with E-state index in [4.69, 9.17) is 16.3 Å². The molecule has 1 unspecified atom stereocenters. The molecule has 0 radical (unpaired) electrons. The molecule has 0 aliphatic carbocycles. The van der Waals surface area contributed by atoms with Crippen LogP contribution in [0.2, 0.25) is 5.02 Å². The molecule has 0 saturated carbocycles. The van der Waals surface area contributed by atoms with E-state index >= 15 is 0 Å². The zero-order valence-electron chi connectivity index (χ0n) is 33.8. The highest BCUT2D eigenvalue weighted by atomic mass is 35.5. The lowest BCUT2D eigenvalue weighted by Gasteiger charge is -2.27. The predicted octanol–water partition coefficient (Wildman–Crippen LogP) is 7.26. The summed E-state index contributed by atoms with van der Waals surface area (Å²) in [6.07, 6.45) is 10.5. The Morgan fingerprint density at radius 3 is 2.34 bits per heavy atom. The SMILES string of the molecule is O=C(CCOc1cccc2c1C(=O)N(C1CCC(=O)NC1=O)C2=O)NCCCCCCCCC(=O)Nc1cncc(Nc2ncc(Cl)c(-c3cccc(-c4ccccc4)c3)n2)c1. The van der Waals surface area contributed by atoms with Crippen LogP contribution in [0.25, 0.3) is 22.4 Å². The zero-order valence-corrected chi connectivity index (χ0v) is 34.6. The Kier molecular flexibility index (Phi) is 14.3. The minimum absolute atomic E-state index is 0.0142. The van der Waals surface area contributed by atoms with Gasteiger partial charge >= 0.3 is 0 Å². The maximum atomic E-state index is 13.2. The third kappa shape index (κ3) is 10.8. The number of aromatic nitrogens is 3. The van der Waals surface area contributed by atoms with E-state index in [1.54, 1.807) is 36.8 Å². The van der Waals surface area contributed by atoms with Crippen molar-refractivity contribution >= 4 is 64.4 Å². The number of carbonyl (C=O) groups is 6. The molecule has 1 atom stereocenters. The molecule has 318 valence electrons. The summed E-state index contributed by atoms with van der Waals surface area (Å²) >= 11 is 6.53. The second-order valence-corrected chi connectivity index (χ2v) is 15.3. The summed E-state index contributed by atoms with van der Waals surface area (Å²) in [5, 5.41) is 11.6. The van der Waals surface area contributed by atoms with E-state index in [0.29, 0.717) is 41.0 Å². The summed E-state index contributed by atoms with van der Waals surface area (Å²) in [4.78, 5) is 89.5. The van der Waals surface area contributed by atoms with E-state index in [1.807, 2.05) is 54.6 Å². The van der Waals surface area contributed by atoms with Crippen molar-refractivity contribution in [2.45, 2.75) is 70.3 Å². The summed E-state index contributed by atoms with van der Waals surface area (Å²) < 4.78 is 5.75. The molecule has 6 amide bonds. The fourth-order valence-electron chi connectivity index (χ4n) is 7.33. The lowest BCUT2D eigenvalue weighted by atomic mass is 10.0. The first-order valence-corrected chi connectivity index (χ1v) is 21.0. The van der Waals surface area contributed by atoms with Crippen molar-refractivity contribution < 1.29 is 33.5 Å². The molecule has 0 bridgehead atoms. The van der Waals surface area contributed by atoms with Gasteiger partial charge in [0.05, 0.1) is 64.8 Å². The van der Waals surface area contributed by atoms with E-state index < -0.39 is 29.7 Å². The van der Waals surface area contributed by atoms with E-state index in [-0.39, 0.29) is 54.6 Å². The molecule has 5 aromatic rings. The summed E-state index contributed by atoms with van der Waals surface area (Å²) in [6.45, 7) is 0.492. The number of fused-ring (bicyclic) bond motifs is 1. The quantitative estimate of drug-likeness (QED) is 0.0481. The van der Waals surface area contributed by atoms with Gasteiger partial charge in [0.25, 0.3) is 11.8 Å². The van der Waals surface area contributed by atoms with E-state index in [2.05, 4.69) is 36.2 Å². The molecule has 1 fully saturated rings. The Labute approximate surface area is 363 Å². The van der Waals surface area contributed by atoms with Crippen LogP contribution in [0.3, 0.4) is 0 Å². The second-order valence-electron chi connectivity index (χ2n) is 14.9. The zero-order chi connectivity index (χ0) is 43.4. The monoisotopic (exact) mass is 856 g/mol. The van der Waals surface area contributed by atoms with Gasteiger partial charge in [-0.3, -0.25) is 44.0 Å². The molecular formula is C46H45ClN8O7. The average Bonchev–Trinajstić information content (AvgIpc) is 3.53. The van der Waals surface area contributed by atoms with Crippen molar-refractivity contribution in [1.82, 2.24) is 30.5 Å². The third-order valence-electron chi connectivity index (χ3n) is 10.4. The number of pyridine rings is 1. The standard InChI is InChI=1S/C46H45ClN8O7/c47-35-28-50-46(54-42(35)31-15-10-14-30(24-31)29-12-6-5-7-13-29)52-33-25-32(26-48-27-33)51-39(57)18-8-3-1-2-4-9-22-49-38(56)21-23-62-37-17-11-16-34-41(37)45(61)55(44(34)60)36-19-20-40(58)53-43(36)59/h5-7,10-17,24-28,36H,1-4,8-9,18-23H2,(H,49,56)(H,51,57)(H,50,52,54)(H,53,58,59). The summed E-state index contributed by atoms with van der Waals surface area (Å²) in [5.41, 5.74) is 4.87. The van der Waals surface area contributed by atoms with Crippen LogP contribution >= 0.6 is 11.6 Å². The number of rotatable bonds is 19. The maximum Gasteiger partial charge on any atom is 0.266 e. The van der Waals surface area contributed by atoms with E-state index in [9.17, 15) is 28.8 Å². The number of nitrogens with one attached hydrogen (secondary N) is 4. The van der Waals surface area contributed by atoms with Gasteiger partial charge in [-0.2, -0.15) is 0 Å². The molecule has 2 aliphatic rings. The molecule has 3 aromatic carbocycles. The lowest BCUT2D eigenvalue weighted by molar-refractivity contribution is -0.136. The summed E-state index contributed by atoms with van der Waals surface area (Å²) in [7, 11) is 0. The van der Waals surface area contributed by atoms with Crippen LogP contribution in [0.15, 0.2) is 97.5 Å². The van der Waals surface area contributed by atoms with Gasteiger partial charge in [0.15, 0.2) is 0 Å². The summed E-state index contributed by atoms with van der Waals surface area (Å²) in [5.74, 6) is -2.25. The number of hydrogen-bond acceptors (Lipinski definition) is 11. The topological polar surface area (TPSA) is 202 Å². The van der Waals surface area contributed by atoms with Gasteiger partial charge in [0, 0.05) is 24.9 Å². The molecule has 4 N–H and O–H groups in total. The normalized spacial score (nSPS) is 14.6. The van der Waals surface area contributed by atoms with Crippen molar-refractivity contribution in [2.75, 3.05) is 23.8 Å². The van der Waals surface area contributed by atoms with Crippen molar-refractivity contribution in [3.63, 3.8) is 0 Å². The van der Waals surface area contributed by atoms with Gasteiger partial charge < -0.3 is 20.7 Å². The fourth-order valence-corrected chi connectivity index (χ4v) is 7.53. The average molecular weight is 857 g/mol. The Bertz CT molecular complexity index is 2480. The number of benzene rings is 3. The Balaban J connectivity index is 0.761. The Hall–Kier alpha value is -7.00. The number of ether oxygens (including phenoxy) is 1. The minimum Gasteiger partial charge on any atom is -0.492 e. The molecule has 1 saturated heterocycles. The van der Waals surface area contributed by atoms with Gasteiger partial charge in [0.2, 0.25) is 29.6 Å². The molecule has 16 heteroatoms. The van der Waals surface area contributed by atoms with E-state index in [1.165, 1.54) is 6.07 Å². The number of piperidine rings is 1. The second kappa shape index (κ2) is 20.5. The number of anilines is 3. The Morgan fingerprint density at radius 1 is 0.774 bits per heavy atom. The number of amides is 6. The highest BCUT2D eigenvalue weighted by molar-refractivity contribution is 6.33. The third-order valence-corrected chi connectivity index (χ3v) is 10.7. The number of nitrogens with zero attached hydrogens (tertiary/aromatic N) is 4. The smallest absolute Gasteiger partial charge is 0.266 e. The molecule has 2 aromatic heterocycles. The number of unbranched alkanes of at least 4 members (excludes halogenated alkanes) is 5. The van der Waals surface area contributed by atoms with Gasteiger partial charge in [-0.15, -0.1) is 0 Å². The van der Waals surface area contributed by atoms with Crippen LogP contribution in [0.4, 0.5) is 17.3 Å². The molecule has 7 rings (SSSR count). The van der Waals surface area contributed by atoms with Crippen LogP contribution in [-0.4, -0.2) is 74.5 Å². The van der Waals surface area contributed by atoms with Crippen molar-refractivity contribution in [3.05, 3.63) is 114 Å². The first kappa shape index (κ1) is 43.1. The van der Waals surface area contributed by atoms with Gasteiger partial charge in [-0.05, 0) is 54.7 Å². The van der Waals surface area contributed by atoms with Crippen molar-refractivity contribution in [2.24, 2.45) is 0 Å². The molecular weight excluding hydrogens is 812 g/mol. The molecule has 62 heavy (non-hydrogen) atoms. The lowest BCUT2D eigenvalue weighted by Crippen LogP contribution is -2.54. The van der Waals surface area contributed by atoms with Crippen LogP contribution in [-0.2, 0) is 19.2 Å². The number of imide groups is 2. The molecule has 0 spiro atoms. The first-order chi connectivity index (χ1) is 30.1. The van der Waals surface area contributed by atoms with Crippen molar-refractivity contribution in [3.8, 4) is 28.1 Å². The minimum atomic E-state index is -1.08. The largest absolute Gasteiger partial charge is 0.492 e.